The zero-order chi connectivity index (χ0) is 54.1. The summed E-state index contributed by atoms with van der Waals surface area (Å²) in [6.07, 6.45) is 8.75. The molecule has 0 saturated carbocycles. The van der Waals surface area contributed by atoms with E-state index in [9.17, 15) is 35.4 Å². The molecule has 4 aromatic carbocycles. The van der Waals surface area contributed by atoms with Crippen LogP contribution in [-0.2, 0) is 53.8 Å². The lowest BCUT2D eigenvalue weighted by atomic mass is 9.92. The number of ether oxygens (including phenoxy) is 5. The van der Waals surface area contributed by atoms with E-state index in [0.29, 0.717) is 87.4 Å². The second kappa shape index (κ2) is 27.5. The minimum Gasteiger partial charge on any atom is -0.488 e. The number of pyridine rings is 2. The topological polar surface area (TPSA) is 230 Å². The highest BCUT2D eigenvalue weighted by atomic mass is 35.5. The van der Waals surface area contributed by atoms with E-state index in [1.165, 1.54) is 12.4 Å². The van der Waals surface area contributed by atoms with Crippen LogP contribution in [0.1, 0.15) is 94.7 Å². The number of nitriles is 2. The smallest absolute Gasteiger partial charge is 0.321 e. The first-order chi connectivity index (χ1) is 36.8. The van der Waals surface area contributed by atoms with E-state index in [1.807, 2.05) is 57.2 Å². The highest BCUT2D eigenvalue weighted by molar-refractivity contribution is 6.32. The standard InChI is InChI=1S/C58H60Cl2N6O10/c1-4-8-51(57(68)69)65-29-44-19-49(59)55(21-53(44)73-32-40-17-38(23-61)25-63-27-40)75-34-42-9-5-12-47(36(42)2)48-13-6-10-43(37(48)3)35-76-56-22-54(74-33-41-18-39(24-62)26-64-28-41)45(20-50(56)60)30-66(31-46-11-7-16-72-46)52(14-15-67)58(70)71/h5-6,9-10,12-13,17-22,25-28,46,51-52,65,67H,4,7-8,11,14-16,29-35H2,1-3H3,(H,68,69)(H,70,71). The van der Waals surface area contributed by atoms with Gasteiger partial charge in [0.05, 0.1) is 27.3 Å². The predicted octanol–water partition coefficient (Wildman–Crippen LogP) is 10.3. The third kappa shape index (κ3) is 15.0. The molecule has 0 aliphatic carbocycles. The van der Waals surface area contributed by atoms with E-state index in [-0.39, 0.29) is 63.7 Å². The molecule has 1 saturated heterocycles. The summed E-state index contributed by atoms with van der Waals surface area (Å²) in [6, 6.07) is 24.6. The second-order valence-corrected chi connectivity index (χ2v) is 19.3. The number of aliphatic hydroxyl groups is 1. The van der Waals surface area contributed by atoms with Crippen molar-refractivity contribution in [1.82, 2.24) is 20.2 Å². The van der Waals surface area contributed by atoms with Gasteiger partial charge in [0.25, 0.3) is 0 Å². The number of nitrogens with one attached hydrogen (secondary N) is 1. The summed E-state index contributed by atoms with van der Waals surface area (Å²) < 4.78 is 31.4. The van der Waals surface area contributed by atoms with Crippen molar-refractivity contribution in [1.29, 1.82) is 10.5 Å². The molecule has 2 aromatic heterocycles. The number of aromatic nitrogens is 2. The fraction of sp³-hybridized carbons (Fsp3) is 0.345. The summed E-state index contributed by atoms with van der Waals surface area (Å²) in [5.74, 6) is -0.506. The largest absolute Gasteiger partial charge is 0.488 e. The minimum absolute atomic E-state index is 0.00913. The molecule has 7 rings (SSSR count). The Kier molecular flexibility index (Phi) is 20.4. The molecule has 3 unspecified atom stereocenters. The molecule has 18 heteroatoms. The van der Waals surface area contributed by atoms with E-state index < -0.39 is 24.0 Å². The summed E-state index contributed by atoms with van der Waals surface area (Å²) in [7, 11) is 0. The molecule has 0 radical (unpaired) electrons. The van der Waals surface area contributed by atoms with Gasteiger partial charge >= 0.3 is 11.9 Å². The van der Waals surface area contributed by atoms with Gasteiger partial charge in [-0.15, -0.1) is 0 Å². The van der Waals surface area contributed by atoms with Gasteiger partial charge in [-0.3, -0.25) is 24.5 Å². The second-order valence-electron chi connectivity index (χ2n) is 18.5. The van der Waals surface area contributed by atoms with Gasteiger partial charge in [0.1, 0.15) is 73.6 Å². The van der Waals surface area contributed by atoms with Crippen molar-refractivity contribution >= 4 is 35.1 Å². The monoisotopic (exact) mass is 1070 g/mol. The zero-order valence-electron chi connectivity index (χ0n) is 42.6. The molecule has 6 aromatic rings. The Balaban J connectivity index is 1.11. The van der Waals surface area contributed by atoms with Gasteiger partial charge in [0, 0.05) is 92.0 Å². The number of hydrogen-bond acceptors (Lipinski definition) is 14. The van der Waals surface area contributed by atoms with Crippen LogP contribution in [0.2, 0.25) is 10.0 Å². The number of rotatable bonds is 27. The normalized spacial score (nSPS) is 13.9. The number of aliphatic carboxylic acids is 2. The van der Waals surface area contributed by atoms with Crippen LogP contribution in [-0.4, -0.2) is 80.1 Å². The molecule has 4 N–H and O–H groups in total. The van der Waals surface area contributed by atoms with Crippen LogP contribution >= 0.6 is 23.2 Å². The molecule has 16 nitrogen and oxygen atoms in total. The van der Waals surface area contributed by atoms with Crippen molar-refractivity contribution in [2.45, 2.75) is 111 Å². The Hall–Kier alpha value is -7.28. The van der Waals surface area contributed by atoms with Gasteiger partial charge in [-0.1, -0.05) is 72.9 Å². The van der Waals surface area contributed by atoms with Gasteiger partial charge in [-0.2, -0.15) is 10.5 Å². The van der Waals surface area contributed by atoms with Crippen LogP contribution < -0.4 is 24.3 Å². The van der Waals surface area contributed by atoms with Crippen LogP contribution in [0.4, 0.5) is 0 Å². The lowest BCUT2D eigenvalue weighted by Crippen LogP contribution is -2.45. The van der Waals surface area contributed by atoms with Crippen LogP contribution in [0.3, 0.4) is 0 Å². The van der Waals surface area contributed by atoms with E-state index in [1.54, 1.807) is 53.7 Å². The Morgan fingerprint density at radius 2 is 1.28 bits per heavy atom. The van der Waals surface area contributed by atoms with E-state index >= 15 is 0 Å². The minimum atomic E-state index is -1.07. The Bertz CT molecular complexity index is 3080. The molecular formula is C58H60Cl2N6O10. The first-order valence-corrected chi connectivity index (χ1v) is 25.7. The van der Waals surface area contributed by atoms with Crippen LogP contribution in [0.5, 0.6) is 23.0 Å². The van der Waals surface area contributed by atoms with Crippen molar-refractivity contribution in [3.05, 3.63) is 163 Å². The summed E-state index contributed by atoms with van der Waals surface area (Å²) in [4.78, 5) is 34.6. The number of halogens is 2. The highest BCUT2D eigenvalue weighted by Gasteiger charge is 2.31. The molecule has 1 aliphatic heterocycles. The molecule has 0 amide bonds. The van der Waals surface area contributed by atoms with Crippen molar-refractivity contribution in [3.8, 4) is 46.3 Å². The maximum Gasteiger partial charge on any atom is 0.321 e. The molecule has 1 aliphatic rings. The van der Waals surface area contributed by atoms with Crippen molar-refractivity contribution in [2.24, 2.45) is 0 Å². The summed E-state index contributed by atoms with van der Waals surface area (Å²) in [6.45, 7) is 7.29. The lowest BCUT2D eigenvalue weighted by Gasteiger charge is -2.31. The first kappa shape index (κ1) is 56.4. The number of carboxylic acid groups (broad SMARTS) is 2. The number of carboxylic acids is 2. The van der Waals surface area contributed by atoms with Gasteiger partial charge in [-0.05, 0) is 97.2 Å². The third-order valence-electron chi connectivity index (χ3n) is 13.2. The molecule has 0 bridgehead atoms. The summed E-state index contributed by atoms with van der Waals surface area (Å²) >= 11 is 13.9. The highest BCUT2D eigenvalue weighted by Crippen LogP contribution is 2.38. The first-order valence-electron chi connectivity index (χ1n) is 25.0. The van der Waals surface area contributed by atoms with Gasteiger partial charge in [0.15, 0.2) is 0 Å². The quantitative estimate of drug-likeness (QED) is 0.0376. The van der Waals surface area contributed by atoms with Crippen molar-refractivity contribution < 1.29 is 48.6 Å². The van der Waals surface area contributed by atoms with E-state index in [0.717, 1.165) is 46.2 Å². The molecule has 396 valence electrons. The van der Waals surface area contributed by atoms with Crippen molar-refractivity contribution in [3.63, 3.8) is 0 Å². The zero-order valence-corrected chi connectivity index (χ0v) is 44.1. The van der Waals surface area contributed by atoms with Gasteiger partial charge < -0.3 is 44.3 Å². The number of aliphatic hydroxyl groups excluding tert-OH is 1. The molecule has 3 atom stereocenters. The number of carbonyl (C=O) groups is 2. The van der Waals surface area contributed by atoms with Gasteiger partial charge in [-0.25, -0.2) is 0 Å². The van der Waals surface area contributed by atoms with Gasteiger partial charge in [0.2, 0.25) is 0 Å². The molecule has 0 spiro atoms. The average Bonchev–Trinajstić information content (AvgIpc) is 3.94. The lowest BCUT2D eigenvalue weighted by molar-refractivity contribution is -0.145. The number of hydrogen-bond donors (Lipinski definition) is 4. The summed E-state index contributed by atoms with van der Waals surface area (Å²) in [5.41, 5.74) is 9.02. The Morgan fingerprint density at radius 1 is 0.737 bits per heavy atom. The van der Waals surface area contributed by atoms with E-state index in [2.05, 4.69) is 27.4 Å². The summed E-state index contributed by atoms with van der Waals surface area (Å²) in [5, 5.41) is 52.5. The third-order valence-corrected chi connectivity index (χ3v) is 13.8. The van der Waals surface area contributed by atoms with E-state index in [4.69, 9.17) is 46.9 Å². The van der Waals surface area contributed by atoms with Crippen LogP contribution in [0.15, 0.2) is 97.6 Å². The molecule has 3 heterocycles. The predicted molar refractivity (Wildman–Crippen MR) is 285 cm³/mol. The Labute approximate surface area is 452 Å². The SMILES string of the molecule is CCCC(NCc1cc(Cl)c(OCc2cccc(-c3cccc(COc4cc(OCc5cncc(C#N)c5)c(CN(CC5CCCO5)C(CCO)C(=O)O)cc4Cl)c3C)c2C)cc1OCc1cncc(C#N)c1)C(=O)O. The van der Waals surface area contributed by atoms with Crippen LogP contribution in [0.25, 0.3) is 11.1 Å². The number of nitrogens with zero attached hydrogens (tertiary/aromatic N) is 5. The van der Waals surface area contributed by atoms with Crippen molar-refractivity contribution in [2.75, 3.05) is 19.8 Å². The maximum atomic E-state index is 12.6. The number of benzene rings is 4. The van der Waals surface area contributed by atoms with Crippen LogP contribution in [0, 0.1) is 36.5 Å². The molecule has 76 heavy (non-hydrogen) atoms. The Morgan fingerprint density at radius 3 is 1.76 bits per heavy atom. The molecular weight excluding hydrogens is 1010 g/mol. The average molecular weight is 1070 g/mol. The fourth-order valence-corrected chi connectivity index (χ4v) is 9.53. The molecule has 1 fully saturated rings. The fourth-order valence-electron chi connectivity index (χ4n) is 9.05. The maximum absolute atomic E-state index is 12.6.